The molecule has 1 aromatic carbocycles. The molecule has 0 aromatic heterocycles. The summed E-state index contributed by atoms with van der Waals surface area (Å²) in [5.41, 5.74) is 1.17. The lowest BCUT2D eigenvalue weighted by atomic mass is 10.1. The molecule has 0 bridgehead atoms. The predicted molar refractivity (Wildman–Crippen MR) is 118 cm³/mol. The summed E-state index contributed by atoms with van der Waals surface area (Å²) < 4.78 is 10.8. The van der Waals surface area contributed by atoms with E-state index in [2.05, 4.69) is 40.7 Å². The molecule has 0 spiro atoms. The first-order chi connectivity index (χ1) is 12.1. The van der Waals surface area contributed by atoms with Crippen molar-refractivity contribution in [3.05, 3.63) is 23.8 Å². The normalized spacial score (nSPS) is 16.2. The van der Waals surface area contributed by atoms with E-state index < -0.39 is 0 Å². The average Bonchev–Trinajstić information content (AvgIpc) is 3.13. The van der Waals surface area contributed by atoms with E-state index in [9.17, 15) is 0 Å². The SMILES string of the molecule is CN=C(NCC(c1ccc(OC)c(OC)c1)N(C)C)NC1CCCC1.I. The van der Waals surface area contributed by atoms with Crippen molar-refractivity contribution >= 4 is 29.9 Å². The van der Waals surface area contributed by atoms with Gasteiger partial charge in [-0.15, -0.1) is 24.0 Å². The molecule has 1 aromatic rings. The van der Waals surface area contributed by atoms with Gasteiger partial charge in [0.1, 0.15) is 0 Å². The van der Waals surface area contributed by atoms with Crippen LogP contribution in [0.4, 0.5) is 0 Å². The van der Waals surface area contributed by atoms with Gasteiger partial charge in [0.05, 0.1) is 20.3 Å². The lowest BCUT2D eigenvalue weighted by molar-refractivity contribution is 0.295. The van der Waals surface area contributed by atoms with Crippen LogP contribution in [0.3, 0.4) is 0 Å². The molecule has 1 aliphatic rings. The van der Waals surface area contributed by atoms with Gasteiger partial charge in [0, 0.05) is 19.6 Å². The Labute approximate surface area is 174 Å². The molecule has 2 N–H and O–H groups in total. The van der Waals surface area contributed by atoms with E-state index in [0.29, 0.717) is 6.04 Å². The zero-order valence-corrected chi connectivity index (χ0v) is 18.9. The summed E-state index contributed by atoms with van der Waals surface area (Å²) in [7, 11) is 9.30. The van der Waals surface area contributed by atoms with Gasteiger partial charge in [-0.1, -0.05) is 18.9 Å². The van der Waals surface area contributed by atoms with Crippen molar-refractivity contribution in [3.8, 4) is 11.5 Å². The van der Waals surface area contributed by atoms with Crippen LogP contribution >= 0.6 is 24.0 Å². The monoisotopic (exact) mass is 476 g/mol. The number of nitrogens with one attached hydrogen (secondary N) is 2. The quantitative estimate of drug-likeness (QED) is 0.360. The number of hydrogen-bond acceptors (Lipinski definition) is 4. The van der Waals surface area contributed by atoms with E-state index in [1.807, 2.05) is 19.2 Å². The standard InChI is InChI=1S/C19H32N4O2.HI/c1-20-19(22-15-8-6-7-9-15)21-13-16(23(2)3)14-10-11-17(24-4)18(12-14)25-5;/h10-12,15-16H,6-9,13H2,1-5H3,(H2,20,21,22);1H. The second kappa shape index (κ2) is 11.5. The Hall–Kier alpha value is -1.22. The molecule has 148 valence electrons. The topological polar surface area (TPSA) is 58.1 Å². The van der Waals surface area contributed by atoms with E-state index in [0.717, 1.165) is 24.0 Å². The fraction of sp³-hybridized carbons (Fsp3) is 0.632. The Morgan fingerprint density at radius 1 is 1.19 bits per heavy atom. The summed E-state index contributed by atoms with van der Waals surface area (Å²) in [6.45, 7) is 0.759. The highest BCUT2D eigenvalue weighted by molar-refractivity contribution is 14.0. The molecule has 1 atom stereocenters. The number of nitrogens with zero attached hydrogens (tertiary/aromatic N) is 2. The third-order valence-corrected chi connectivity index (χ3v) is 4.80. The van der Waals surface area contributed by atoms with Crippen molar-refractivity contribution in [1.29, 1.82) is 0 Å². The van der Waals surface area contributed by atoms with Crippen molar-refractivity contribution < 1.29 is 9.47 Å². The van der Waals surface area contributed by atoms with Crippen molar-refractivity contribution in [3.63, 3.8) is 0 Å². The molecule has 7 heteroatoms. The zero-order chi connectivity index (χ0) is 18.2. The number of aliphatic imine (C=N–C) groups is 1. The molecule has 0 amide bonds. The predicted octanol–water partition coefficient (Wildman–Crippen LogP) is 3.03. The lowest BCUT2D eigenvalue weighted by Crippen LogP contribution is -2.45. The maximum atomic E-state index is 5.44. The van der Waals surface area contributed by atoms with Crippen molar-refractivity contribution in [1.82, 2.24) is 15.5 Å². The largest absolute Gasteiger partial charge is 0.493 e. The fourth-order valence-electron chi connectivity index (χ4n) is 3.31. The Morgan fingerprint density at radius 3 is 2.38 bits per heavy atom. The molecular formula is C19H33IN4O2. The summed E-state index contributed by atoms with van der Waals surface area (Å²) in [4.78, 5) is 6.56. The van der Waals surface area contributed by atoms with E-state index in [-0.39, 0.29) is 30.0 Å². The number of halogens is 1. The molecule has 1 saturated carbocycles. The number of hydrogen-bond donors (Lipinski definition) is 2. The molecule has 0 aliphatic heterocycles. The van der Waals surface area contributed by atoms with Crippen LogP contribution in [0.25, 0.3) is 0 Å². The summed E-state index contributed by atoms with van der Waals surface area (Å²) >= 11 is 0. The first-order valence-electron chi connectivity index (χ1n) is 8.94. The van der Waals surface area contributed by atoms with E-state index in [1.165, 1.54) is 31.2 Å². The van der Waals surface area contributed by atoms with E-state index in [1.54, 1.807) is 14.2 Å². The van der Waals surface area contributed by atoms with Gasteiger partial charge in [0.25, 0.3) is 0 Å². The number of ether oxygens (including phenoxy) is 2. The molecule has 1 fully saturated rings. The molecule has 1 aliphatic carbocycles. The van der Waals surface area contributed by atoms with Gasteiger partial charge >= 0.3 is 0 Å². The lowest BCUT2D eigenvalue weighted by Gasteiger charge is -2.27. The molecule has 0 saturated heterocycles. The minimum absolute atomic E-state index is 0. The fourth-order valence-corrected chi connectivity index (χ4v) is 3.31. The highest BCUT2D eigenvalue weighted by Crippen LogP contribution is 2.31. The molecule has 0 radical (unpaired) electrons. The Balaban J connectivity index is 0.00000338. The number of benzene rings is 1. The van der Waals surface area contributed by atoms with Crippen molar-refractivity contribution in [2.24, 2.45) is 4.99 Å². The second-order valence-electron chi connectivity index (χ2n) is 6.67. The zero-order valence-electron chi connectivity index (χ0n) is 16.5. The number of likely N-dealkylation sites (N-methyl/N-ethyl adjacent to an activating group) is 1. The van der Waals surface area contributed by atoms with Crippen LogP contribution in [-0.2, 0) is 0 Å². The van der Waals surface area contributed by atoms with Crippen LogP contribution in [0.15, 0.2) is 23.2 Å². The van der Waals surface area contributed by atoms with Gasteiger partial charge in [0.15, 0.2) is 17.5 Å². The summed E-state index contributed by atoms with van der Waals surface area (Å²) in [6, 6.07) is 6.82. The smallest absolute Gasteiger partial charge is 0.191 e. The second-order valence-corrected chi connectivity index (χ2v) is 6.67. The molecule has 1 unspecified atom stereocenters. The van der Waals surface area contributed by atoms with Gasteiger partial charge in [0.2, 0.25) is 0 Å². The van der Waals surface area contributed by atoms with Gasteiger partial charge in [-0.2, -0.15) is 0 Å². The Bertz CT molecular complexity index is 575. The van der Waals surface area contributed by atoms with Crippen molar-refractivity contribution in [2.75, 3.05) is 41.9 Å². The Kier molecular flexibility index (Phi) is 10.1. The average molecular weight is 476 g/mol. The minimum Gasteiger partial charge on any atom is -0.493 e. The highest BCUT2D eigenvalue weighted by atomic mass is 127. The maximum absolute atomic E-state index is 5.44. The molecule has 0 heterocycles. The number of methoxy groups -OCH3 is 2. The third-order valence-electron chi connectivity index (χ3n) is 4.80. The van der Waals surface area contributed by atoms with E-state index >= 15 is 0 Å². The first-order valence-corrected chi connectivity index (χ1v) is 8.94. The molecule has 6 nitrogen and oxygen atoms in total. The number of rotatable bonds is 7. The van der Waals surface area contributed by atoms with Crippen molar-refractivity contribution in [2.45, 2.75) is 37.8 Å². The Morgan fingerprint density at radius 2 is 1.85 bits per heavy atom. The van der Waals surface area contributed by atoms with E-state index in [4.69, 9.17) is 9.47 Å². The first kappa shape index (κ1) is 22.8. The minimum atomic E-state index is 0. The van der Waals surface area contributed by atoms with Gasteiger partial charge in [-0.3, -0.25) is 4.99 Å². The van der Waals surface area contributed by atoms with Crippen LogP contribution in [0.2, 0.25) is 0 Å². The molecule has 26 heavy (non-hydrogen) atoms. The summed E-state index contributed by atoms with van der Waals surface area (Å²) in [5, 5.41) is 7.00. The highest BCUT2D eigenvalue weighted by Gasteiger charge is 2.19. The van der Waals surface area contributed by atoms with Crippen LogP contribution in [0.5, 0.6) is 11.5 Å². The van der Waals surface area contributed by atoms with Gasteiger partial charge < -0.3 is 25.0 Å². The number of guanidine groups is 1. The summed E-state index contributed by atoms with van der Waals surface area (Å²) in [5.74, 6) is 2.37. The van der Waals surface area contributed by atoms with Crippen LogP contribution < -0.4 is 20.1 Å². The molecular weight excluding hydrogens is 443 g/mol. The summed E-state index contributed by atoms with van der Waals surface area (Å²) in [6.07, 6.45) is 5.07. The maximum Gasteiger partial charge on any atom is 0.191 e. The third kappa shape index (κ3) is 6.19. The van der Waals surface area contributed by atoms with Crippen LogP contribution in [0, 0.1) is 0 Å². The molecule has 2 rings (SSSR count). The van der Waals surface area contributed by atoms with Crippen LogP contribution in [0.1, 0.15) is 37.3 Å². The van der Waals surface area contributed by atoms with Gasteiger partial charge in [-0.25, -0.2) is 0 Å². The van der Waals surface area contributed by atoms with Crippen LogP contribution in [-0.4, -0.2) is 58.8 Å². The van der Waals surface area contributed by atoms with Gasteiger partial charge in [-0.05, 0) is 44.6 Å².